The zero-order valence-electron chi connectivity index (χ0n) is 34.3. The molecular weight excluding hydrogens is 769 g/mol. The summed E-state index contributed by atoms with van der Waals surface area (Å²) in [7, 11) is 3.52. The SMILES string of the molecule is COCC1C(N(C)c2nc(OC[C@@]34CCCN3C[C@H](F)C4)nc3cc(-c4ccc(F)c5sc(NC(=O)OC(C)(C)C)c(C#N)c45)ccc23)CCN1C(=O)OC(C)(C)C. The van der Waals surface area contributed by atoms with Gasteiger partial charge >= 0.3 is 18.2 Å². The zero-order valence-corrected chi connectivity index (χ0v) is 35.1. The summed E-state index contributed by atoms with van der Waals surface area (Å²) in [6.07, 6.45) is 0.654. The Balaban J connectivity index is 1.30. The standard InChI is InChI=1S/C42H51F2N7O6S/c1-40(2,3)56-38(52)48-36-28(20-45)33-26(12-13-29(44)34(33)58-36)24-10-11-27-30(18-24)46-37(55-23-42-15-9-16-50(42)21-25(43)19-42)47-35(27)49(7)31-14-17-51(32(31)22-54-8)39(53)57-41(4,5)6/h10-13,18,25,31-32H,9,14-17,19,21-23H2,1-8H3,(H,48,52)/t25-,31?,32?,42+/m1/s1. The largest absolute Gasteiger partial charge is 0.461 e. The number of carbonyl (C=O) groups is 2. The monoisotopic (exact) mass is 819 g/mol. The van der Waals surface area contributed by atoms with E-state index in [-0.39, 0.29) is 46.6 Å². The summed E-state index contributed by atoms with van der Waals surface area (Å²) in [6.45, 7) is 12.8. The van der Waals surface area contributed by atoms with Crippen LogP contribution >= 0.6 is 11.3 Å². The lowest BCUT2D eigenvalue weighted by atomic mass is 9.95. The maximum atomic E-state index is 15.4. The molecule has 2 aromatic heterocycles. The number of fused-ring (bicyclic) bond motifs is 3. The van der Waals surface area contributed by atoms with Crippen molar-refractivity contribution in [1.82, 2.24) is 19.8 Å². The second-order valence-corrected chi connectivity index (χ2v) is 18.5. The third kappa shape index (κ3) is 8.21. The van der Waals surface area contributed by atoms with Gasteiger partial charge < -0.3 is 28.7 Å². The number of ether oxygens (including phenoxy) is 4. The Bertz CT molecular complexity index is 2270. The molecule has 310 valence electrons. The molecule has 16 heteroatoms. The van der Waals surface area contributed by atoms with Crippen molar-refractivity contribution in [1.29, 1.82) is 5.26 Å². The Morgan fingerprint density at radius 3 is 2.57 bits per heavy atom. The van der Waals surface area contributed by atoms with Crippen molar-refractivity contribution in [3.05, 3.63) is 41.7 Å². The fraction of sp³-hybridized carbons (Fsp3) is 0.548. The number of hydrogen-bond donors (Lipinski definition) is 1. The van der Waals surface area contributed by atoms with Crippen molar-refractivity contribution in [2.45, 2.75) is 102 Å². The zero-order chi connectivity index (χ0) is 41.7. The van der Waals surface area contributed by atoms with E-state index in [2.05, 4.69) is 16.3 Å². The van der Waals surface area contributed by atoms with E-state index in [1.807, 2.05) is 50.9 Å². The van der Waals surface area contributed by atoms with E-state index in [0.29, 0.717) is 59.2 Å². The van der Waals surface area contributed by atoms with Gasteiger partial charge in [-0.2, -0.15) is 15.2 Å². The first-order chi connectivity index (χ1) is 27.4. The summed E-state index contributed by atoms with van der Waals surface area (Å²) in [4.78, 5) is 41.9. The smallest absolute Gasteiger partial charge is 0.412 e. The van der Waals surface area contributed by atoms with E-state index in [9.17, 15) is 19.2 Å². The molecule has 3 aliphatic heterocycles. The van der Waals surface area contributed by atoms with Gasteiger partial charge in [-0.15, -0.1) is 11.3 Å². The summed E-state index contributed by atoms with van der Waals surface area (Å²) in [5, 5.41) is 14.2. The van der Waals surface area contributed by atoms with E-state index in [1.165, 1.54) is 6.07 Å². The van der Waals surface area contributed by atoms with Crippen LogP contribution in [0.3, 0.4) is 0 Å². The van der Waals surface area contributed by atoms with Gasteiger partial charge in [0.05, 0.1) is 40.0 Å². The summed E-state index contributed by atoms with van der Waals surface area (Å²) in [5.41, 5.74) is -0.0750. The van der Waals surface area contributed by atoms with Crippen LogP contribution in [0.1, 0.15) is 72.8 Å². The minimum atomic E-state index is -0.929. The second kappa shape index (κ2) is 15.7. The average Bonchev–Trinajstić information content (AvgIpc) is 3.90. The molecule has 4 atom stereocenters. The van der Waals surface area contributed by atoms with Crippen molar-refractivity contribution >= 4 is 55.3 Å². The molecule has 1 N–H and O–H groups in total. The fourth-order valence-electron chi connectivity index (χ4n) is 8.61. The van der Waals surface area contributed by atoms with Crippen LogP contribution in [0.5, 0.6) is 6.01 Å². The van der Waals surface area contributed by atoms with Crippen LogP contribution in [0.2, 0.25) is 0 Å². The minimum Gasteiger partial charge on any atom is -0.461 e. The highest BCUT2D eigenvalue weighted by Gasteiger charge is 2.49. The van der Waals surface area contributed by atoms with Crippen LogP contribution < -0.4 is 15.0 Å². The quantitative estimate of drug-likeness (QED) is 0.174. The molecular formula is C42H51F2N7O6S. The van der Waals surface area contributed by atoms with Crippen LogP contribution in [0.25, 0.3) is 32.1 Å². The summed E-state index contributed by atoms with van der Waals surface area (Å²) in [6, 6.07) is 10.2. The summed E-state index contributed by atoms with van der Waals surface area (Å²) < 4.78 is 53.6. The van der Waals surface area contributed by atoms with Crippen molar-refractivity contribution in [2.24, 2.45) is 0 Å². The Morgan fingerprint density at radius 2 is 1.86 bits per heavy atom. The molecule has 0 bridgehead atoms. The first-order valence-corrected chi connectivity index (χ1v) is 20.4. The van der Waals surface area contributed by atoms with Crippen molar-refractivity contribution in [3.8, 4) is 23.2 Å². The van der Waals surface area contributed by atoms with Gasteiger partial charge in [0.1, 0.15) is 46.7 Å². The number of nitrogens with one attached hydrogen (secondary N) is 1. The highest BCUT2D eigenvalue weighted by Crippen LogP contribution is 2.44. The van der Waals surface area contributed by atoms with Crippen LogP contribution in [-0.4, -0.2) is 114 Å². The second-order valence-electron chi connectivity index (χ2n) is 17.4. The third-order valence-electron chi connectivity index (χ3n) is 11.0. The maximum Gasteiger partial charge on any atom is 0.412 e. The number of likely N-dealkylation sites (N-methyl/N-ethyl adjacent to an activating group) is 1. The van der Waals surface area contributed by atoms with Gasteiger partial charge in [-0.1, -0.05) is 12.1 Å². The molecule has 3 saturated heterocycles. The Morgan fingerprint density at radius 1 is 1.10 bits per heavy atom. The van der Waals surface area contributed by atoms with E-state index < -0.39 is 40.9 Å². The van der Waals surface area contributed by atoms with Gasteiger partial charge in [0.15, 0.2) is 0 Å². The van der Waals surface area contributed by atoms with Gasteiger partial charge in [0.25, 0.3) is 0 Å². The summed E-state index contributed by atoms with van der Waals surface area (Å²) in [5.74, 6) is 0.0196. The number of thiophene rings is 1. The lowest BCUT2D eigenvalue weighted by Crippen LogP contribution is -2.49. The van der Waals surface area contributed by atoms with Crippen LogP contribution in [0.4, 0.5) is 29.2 Å². The van der Waals surface area contributed by atoms with Crippen molar-refractivity contribution in [3.63, 3.8) is 0 Å². The molecule has 13 nitrogen and oxygen atoms in total. The van der Waals surface area contributed by atoms with Crippen molar-refractivity contribution < 1.29 is 37.3 Å². The number of halogens is 2. The number of likely N-dealkylation sites (tertiary alicyclic amines) is 1. The minimum absolute atomic E-state index is 0.107. The fourth-order valence-corrected chi connectivity index (χ4v) is 9.68. The number of rotatable bonds is 9. The van der Waals surface area contributed by atoms with E-state index in [4.69, 9.17) is 28.9 Å². The van der Waals surface area contributed by atoms with Gasteiger partial charge in [-0.25, -0.2) is 18.4 Å². The highest BCUT2D eigenvalue weighted by molar-refractivity contribution is 7.23. The Kier molecular flexibility index (Phi) is 11.2. The number of nitrogens with zero attached hydrogens (tertiary/aromatic N) is 6. The molecule has 0 saturated carbocycles. The summed E-state index contributed by atoms with van der Waals surface area (Å²) >= 11 is 0.960. The highest BCUT2D eigenvalue weighted by atomic mass is 32.1. The predicted octanol–water partition coefficient (Wildman–Crippen LogP) is 8.29. The van der Waals surface area contributed by atoms with Gasteiger partial charge in [-0.05, 0) is 96.7 Å². The van der Waals surface area contributed by atoms with Crippen LogP contribution in [-0.2, 0) is 14.2 Å². The van der Waals surface area contributed by atoms with Crippen LogP contribution in [0, 0.1) is 17.1 Å². The van der Waals surface area contributed by atoms with Crippen molar-refractivity contribution in [2.75, 3.05) is 57.2 Å². The molecule has 4 aromatic rings. The number of carbonyl (C=O) groups excluding carboxylic acids is 2. The number of methoxy groups -OCH3 is 1. The number of anilines is 2. The lowest BCUT2D eigenvalue weighted by molar-refractivity contribution is 0.0136. The number of nitriles is 1. The number of aromatic nitrogens is 2. The predicted molar refractivity (Wildman–Crippen MR) is 219 cm³/mol. The van der Waals surface area contributed by atoms with Gasteiger partial charge in [-0.3, -0.25) is 10.2 Å². The van der Waals surface area contributed by atoms with Crippen LogP contribution in [0.15, 0.2) is 30.3 Å². The van der Waals surface area contributed by atoms with E-state index in [0.717, 1.165) is 30.7 Å². The number of hydrogen-bond acceptors (Lipinski definition) is 12. The Hall–Kier alpha value is -4.85. The lowest BCUT2D eigenvalue weighted by Gasteiger charge is -2.35. The number of benzene rings is 2. The molecule has 3 aliphatic rings. The molecule has 2 aromatic carbocycles. The molecule has 0 spiro atoms. The molecule has 7 rings (SSSR count). The van der Waals surface area contributed by atoms with E-state index >= 15 is 4.39 Å². The molecule has 0 aliphatic carbocycles. The molecule has 2 unspecified atom stereocenters. The Labute approximate surface area is 341 Å². The molecule has 3 fully saturated rings. The first-order valence-electron chi connectivity index (χ1n) is 19.6. The first kappa shape index (κ1) is 41.3. The molecule has 58 heavy (non-hydrogen) atoms. The maximum absolute atomic E-state index is 15.4. The van der Waals surface area contributed by atoms with E-state index in [1.54, 1.807) is 38.8 Å². The van der Waals surface area contributed by atoms with Gasteiger partial charge in [0.2, 0.25) is 0 Å². The third-order valence-corrected chi connectivity index (χ3v) is 12.1. The molecule has 2 amide bonds. The molecule has 5 heterocycles. The average molecular weight is 820 g/mol. The normalized spacial score (nSPS) is 22.3. The number of amides is 2. The number of alkyl halides is 1. The van der Waals surface area contributed by atoms with Gasteiger partial charge in [0, 0.05) is 44.4 Å². The molecule has 0 radical (unpaired) electrons. The topological polar surface area (TPSA) is 142 Å².